The number of carboxylic acids is 3. The van der Waals surface area contributed by atoms with E-state index in [1.807, 2.05) is 0 Å². The van der Waals surface area contributed by atoms with Crippen LogP contribution in [0.1, 0.15) is 12.8 Å². The summed E-state index contributed by atoms with van der Waals surface area (Å²) in [7, 11) is -4.17. The van der Waals surface area contributed by atoms with Gasteiger partial charge in [-0.15, -0.1) is 0 Å². The number of carbonyl (C=O) groups is 3. The Labute approximate surface area is 100 Å². The lowest BCUT2D eigenvalue weighted by atomic mass is 9.96. The van der Waals surface area contributed by atoms with E-state index in [4.69, 9.17) is 33.4 Å². The zero-order chi connectivity index (χ0) is 15.1. The minimum absolute atomic E-state index is 1.14. The van der Waals surface area contributed by atoms with Crippen molar-refractivity contribution in [2.75, 3.05) is 0 Å². The molecule has 11 nitrogen and oxygen atoms in total. The van der Waals surface area contributed by atoms with Crippen LogP contribution in [0.15, 0.2) is 0 Å². The zero-order valence-electron chi connectivity index (χ0n) is 8.68. The Morgan fingerprint density at radius 3 is 1.33 bits per heavy atom. The highest BCUT2D eigenvalue weighted by Crippen LogP contribution is 2.15. The summed E-state index contributed by atoms with van der Waals surface area (Å²) in [6.07, 6.45) is -2.29. The highest BCUT2D eigenvalue weighted by atomic mass is 32.2. The Hall–Kier alpha value is -1.76. The normalized spacial score (nSPS) is 11.1. The molecule has 0 aliphatic heterocycles. The monoisotopic (exact) mass is 289 g/mol. The Morgan fingerprint density at radius 1 is 1.00 bits per heavy atom. The molecule has 0 unspecified atom stereocenters. The Bertz CT molecular complexity index is 402. The molecule has 0 fully saturated rings. The molecule has 0 aliphatic rings. The van der Waals surface area contributed by atoms with Crippen molar-refractivity contribution in [1.82, 2.24) is 0 Å². The first-order chi connectivity index (χ1) is 7.78. The van der Waals surface area contributed by atoms with Crippen LogP contribution >= 0.6 is 0 Å². The zero-order valence-corrected chi connectivity index (χ0v) is 9.49. The van der Waals surface area contributed by atoms with Crippen LogP contribution in [0.2, 0.25) is 0 Å². The van der Waals surface area contributed by atoms with E-state index in [0.717, 1.165) is 0 Å². The highest BCUT2D eigenvalue weighted by Gasteiger charge is 2.40. The van der Waals surface area contributed by atoms with Gasteiger partial charge in [-0.2, -0.15) is 8.42 Å². The summed E-state index contributed by atoms with van der Waals surface area (Å²) >= 11 is 0. The molecule has 18 heavy (non-hydrogen) atoms. The minimum Gasteiger partial charge on any atom is -0.481 e. The molecule has 0 saturated carbocycles. The standard InChI is InChI=1S/C6H8O7.H3NO3S/c7-3(8)1-6(13,5(11)12)2-4(9)10;1-5(2,3)4/h13H,1-2H2,(H,7,8)(H,9,10)(H,11,12);(H3,1,2,3,4). The third-order valence-electron chi connectivity index (χ3n) is 1.29. The first-order valence-corrected chi connectivity index (χ1v) is 5.43. The van der Waals surface area contributed by atoms with Gasteiger partial charge in [-0.3, -0.25) is 14.1 Å². The van der Waals surface area contributed by atoms with Gasteiger partial charge in [-0.25, -0.2) is 9.93 Å². The number of aliphatic carboxylic acids is 3. The molecule has 0 atom stereocenters. The molecule has 0 bridgehead atoms. The largest absolute Gasteiger partial charge is 0.481 e. The fraction of sp³-hybridized carbons (Fsp3) is 0.500. The molecule has 0 heterocycles. The van der Waals surface area contributed by atoms with Crippen molar-refractivity contribution in [2.24, 2.45) is 5.14 Å². The van der Waals surface area contributed by atoms with Gasteiger partial charge < -0.3 is 20.4 Å². The molecule has 0 aromatic carbocycles. The molecule has 0 aromatic heterocycles. The summed E-state index contributed by atoms with van der Waals surface area (Å²) in [4.78, 5) is 30.5. The van der Waals surface area contributed by atoms with Gasteiger partial charge in [0, 0.05) is 0 Å². The molecule has 0 aliphatic carbocycles. The third kappa shape index (κ3) is 12.3. The van der Waals surface area contributed by atoms with Crippen molar-refractivity contribution in [3.8, 4) is 0 Å². The average molecular weight is 289 g/mol. The lowest BCUT2D eigenvalue weighted by Gasteiger charge is -2.18. The molecule has 7 N–H and O–H groups in total. The Kier molecular flexibility index (Phi) is 7.08. The van der Waals surface area contributed by atoms with Gasteiger partial charge >= 0.3 is 28.2 Å². The van der Waals surface area contributed by atoms with Crippen LogP contribution in [-0.4, -0.2) is 56.9 Å². The molecule has 12 heteroatoms. The summed E-state index contributed by atoms with van der Waals surface area (Å²) in [5, 5.41) is 37.7. The van der Waals surface area contributed by atoms with Gasteiger partial charge in [0.1, 0.15) is 0 Å². The predicted molar refractivity (Wildman–Crippen MR) is 52.8 cm³/mol. The van der Waals surface area contributed by atoms with Gasteiger partial charge in [-0.05, 0) is 0 Å². The van der Waals surface area contributed by atoms with Gasteiger partial charge in [0.15, 0.2) is 5.60 Å². The Balaban J connectivity index is 0. The van der Waals surface area contributed by atoms with E-state index in [0.29, 0.717) is 0 Å². The number of hydrogen-bond donors (Lipinski definition) is 6. The van der Waals surface area contributed by atoms with Gasteiger partial charge in [0.25, 0.3) is 0 Å². The topological polar surface area (TPSA) is 213 Å². The van der Waals surface area contributed by atoms with E-state index in [9.17, 15) is 14.4 Å². The molecular weight excluding hydrogens is 278 g/mol. The van der Waals surface area contributed by atoms with Crippen LogP contribution in [0.5, 0.6) is 0 Å². The van der Waals surface area contributed by atoms with E-state index in [-0.39, 0.29) is 0 Å². The van der Waals surface area contributed by atoms with E-state index in [1.165, 1.54) is 0 Å². The van der Waals surface area contributed by atoms with Crippen LogP contribution < -0.4 is 5.14 Å². The van der Waals surface area contributed by atoms with E-state index in [2.05, 4.69) is 5.14 Å². The number of carboxylic acid groups (broad SMARTS) is 3. The molecule has 0 spiro atoms. The predicted octanol–water partition coefficient (Wildman–Crippen LogP) is -2.50. The molecule has 0 amide bonds. The maximum absolute atomic E-state index is 10.3. The van der Waals surface area contributed by atoms with E-state index in [1.54, 1.807) is 0 Å². The van der Waals surface area contributed by atoms with E-state index >= 15 is 0 Å². The second kappa shape index (κ2) is 6.85. The molecule has 0 rings (SSSR count). The molecule has 0 radical (unpaired) electrons. The SMILES string of the molecule is NS(=O)(=O)O.O=C(O)CC(O)(CC(=O)O)C(=O)O. The molecular formula is C6H11NO10S. The van der Waals surface area contributed by atoms with Crippen molar-refractivity contribution in [1.29, 1.82) is 0 Å². The van der Waals surface area contributed by atoms with Gasteiger partial charge in [0.2, 0.25) is 0 Å². The molecule has 106 valence electrons. The highest BCUT2D eigenvalue weighted by molar-refractivity contribution is 7.83. The smallest absolute Gasteiger partial charge is 0.336 e. The number of aliphatic hydroxyl groups is 1. The summed E-state index contributed by atoms with van der Waals surface area (Å²) in [6, 6.07) is 0. The lowest BCUT2D eigenvalue weighted by molar-refractivity contribution is -0.170. The van der Waals surface area contributed by atoms with Crippen LogP contribution in [-0.2, 0) is 24.7 Å². The van der Waals surface area contributed by atoms with Gasteiger partial charge in [0.05, 0.1) is 12.8 Å². The minimum atomic E-state index is -4.17. The second-order valence-corrected chi connectivity index (χ2v) is 4.02. The molecule has 0 aromatic rings. The summed E-state index contributed by atoms with van der Waals surface area (Å²) < 4.78 is 25.2. The van der Waals surface area contributed by atoms with Crippen molar-refractivity contribution in [3.63, 3.8) is 0 Å². The second-order valence-electron chi connectivity index (χ2n) is 2.99. The maximum Gasteiger partial charge on any atom is 0.336 e. The van der Waals surface area contributed by atoms with Gasteiger partial charge in [-0.1, -0.05) is 0 Å². The lowest BCUT2D eigenvalue weighted by Crippen LogP contribution is -2.42. The fourth-order valence-corrected chi connectivity index (χ4v) is 0.714. The van der Waals surface area contributed by atoms with E-state index < -0.39 is 46.7 Å². The maximum atomic E-state index is 10.3. The van der Waals surface area contributed by atoms with Crippen LogP contribution in [0.25, 0.3) is 0 Å². The summed E-state index contributed by atoms with van der Waals surface area (Å²) in [5.74, 6) is -5.02. The third-order valence-corrected chi connectivity index (χ3v) is 1.29. The fourth-order valence-electron chi connectivity index (χ4n) is 0.714. The summed E-state index contributed by atoms with van der Waals surface area (Å²) in [5.41, 5.74) is -2.74. The van der Waals surface area contributed by atoms with Crippen molar-refractivity contribution in [3.05, 3.63) is 0 Å². The molecule has 0 saturated heterocycles. The van der Waals surface area contributed by atoms with Crippen molar-refractivity contribution < 1.29 is 47.8 Å². The number of nitrogens with two attached hydrogens (primary N) is 1. The first kappa shape index (κ1) is 18.6. The quantitative estimate of drug-likeness (QED) is 0.292. The van der Waals surface area contributed by atoms with Crippen molar-refractivity contribution in [2.45, 2.75) is 18.4 Å². The Morgan fingerprint density at radius 2 is 1.22 bits per heavy atom. The van der Waals surface area contributed by atoms with Crippen LogP contribution in [0.4, 0.5) is 0 Å². The average Bonchev–Trinajstić information content (AvgIpc) is 1.95. The first-order valence-electron chi connectivity index (χ1n) is 3.92. The number of hydrogen-bond acceptors (Lipinski definition) is 6. The van der Waals surface area contributed by atoms with Crippen molar-refractivity contribution >= 4 is 28.2 Å². The number of rotatable bonds is 5. The van der Waals surface area contributed by atoms with Crippen LogP contribution in [0, 0.1) is 0 Å². The summed E-state index contributed by atoms with van der Waals surface area (Å²) in [6.45, 7) is 0. The van der Waals surface area contributed by atoms with Crippen LogP contribution in [0.3, 0.4) is 0 Å².